The smallest absolute Gasteiger partial charge is 0.0189 e. The van der Waals surface area contributed by atoms with Crippen molar-refractivity contribution >= 4 is 0 Å². The van der Waals surface area contributed by atoms with Gasteiger partial charge in [0.15, 0.2) is 0 Å². The van der Waals surface area contributed by atoms with E-state index in [1.807, 2.05) is 0 Å². The van der Waals surface area contributed by atoms with E-state index in [1.54, 1.807) is 0 Å². The first-order valence-electron chi connectivity index (χ1n) is 6.98. The van der Waals surface area contributed by atoms with Gasteiger partial charge in [0.2, 0.25) is 0 Å². The van der Waals surface area contributed by atoms with Gasteiger partial charge in [-0.25, -0.2) is 0 Å². The SMILES string of the molecule is C#CCCCNC12CC3CC(CC(C3)C1)C2. The molecule has 0 aromatic carbocycles. The quantitative estimate of drug-likeness (QED) is 0.564. The Morgan fingerprint density at radius 1 is 1.06 bits per heavy atom. The zero-order chi connectivity index (χ0) is 11.0. The first kappa shape index (κ1) is 10.7. The minimum Gasteiger partial charge on any atom is -0.311 e. The molecule has 1 N–H and O–H groups in total. The molecule has 4 aliphatic carbocycles. The highest BCUT2D eigenvalue weighted by atomic mass is 15.0. The summed E-state index contributed by atoms with van der Waals surface area (Å²) in [6.45, 7) is 1.14. The van der Waals surface area contributed by atoms with E-state index in [2.05, 4.69) is 11.2 Å². The molecule has 0 amide bonds. The average Bonchev–Trinajstić information content (AvgIpc) is 2.22. The van der Waals surface area contributed by atoms with Crippen molar-refractivity contribution in [2.24, 2.45) is 17.8 Å². The largest absolute Gasteiger partial charge is 0.311 e. The Kier molecular flexibility index (Phi) is 2.72. The van der Waals surface area contributed by atoms with Gasteiger partial charge in [0, 0.05) is 12.0 Å². The van der Waals surface area contributed by atoms with Crippen LogP contribution in [-0.4, -0.2) is 12.1 Å². The Hall–Kier alpha value is -0.480. The molecule has 0 aromatic rings. The number of terminal acetylenes is 1. The van der Waals surface area contributed by atoms with Crippen molar-refractivity contribution < 1.29 is 0 Å². The van der Waals surface area contributed by atoms with Crippen LogP contribution in [0.2, 0.25) is 0 Å². The van der Waals surface area contributed by atoms with E-state index in [0.29, 0.717) is 5.54 Å². The van der Waals surface area contributed by atoms with Crippen molar-refractivity contribution in [3.05, 3.63) is 0 Å². The third kappa shape index (κ3) is 1.89. The Labute approximate surface area is 99.4 Å². The molecule has 0 atom stereocenters. The van der Waals surface area contributed by atoms with Gasteiger partial charge < -0.3 is 5.32 Å². The fourth-order valence-corrected chi connectivity index (χ4v) is 4.87. The molecule has 0 radical (unpaired) electrons. The lowest BCUT2D eigenvalue weighted by Crippen LogP contribution is -2.58. The summed E-state index contributed by atoms with van der Waals surface area (Å²) in [4.78, 5) is 0. The summed E-state index contributed by atoms with van der Waals surface area (Å²) >= 11 is 0. The van der Waals surface area contributed by atoms with Gasteiger partial charge in [-0.15, -0.1) is 12.3 Å². The predicted molar refractivity (Wildman–Crippen MR) is 67.0 cm³/mol. The summed E-state index contributed by atoms with van der Waals surface area (Å²) in [7, 11) is 0. The lowest BCUT2D eigenvalue weighted by Gasteiger charge is -2.57. The number of unbranched alkanes of at least 4 members (excludes halogenated alkanes) is 1. The molecule has 0 aliphatic heterocycles. The van der Waals surface area contributed by atoms with Crippen LogP contribution in [0.1, 0.15) is 51.4 Å². The molecule has 4 saturated carbocycles. The van der Waals surface area contributed by atoms with Crippen molar-refractivity contribution in [1.29, 1.82) is 0 Å². The van der Waals surface area contributed by atoms with E-state index in [0.717, 1.165) is 37.1 Å². The van der Waals surface area contributed by atoms with Crippen LogP contribution < -0.4 is 5.32 Å². The third-order valence-electron chi connectivity index (χ3n) is 5.04. The fraction of sp³-hybridized carbons (Fsp3) is 0.867. The molecule has 1 heteroatoms. The van der Waals surface area contributed by atoms with E-state index in [-0.39, 0.29) is 0 Å². The van der Waals surface area contributed by atoms with Crippen molar-refractivity contribution in [1.82, 2.24) is 5.32 Å². The zero-order valence-electron chi connectivity index (χ0n) is 10.2. The maximum atomic E-state index is 5.30. The molecular weight excluding hydrogens is 194 g/mol. The Morgan fingerprint density at radius 3 is 2.12 bits per heavy atom. The van der Waals surface area contributed by atoms with Crippen molar-refractivity contribution in [3.63, 3.8) is 0 Å². The molecular formula is C15H23N. The second-order valence-corrected chi connectivity index (χ2v) is 6.43. The molecule has 0 spiro atoms. The van der Waals surface area contributed by atoms with Gasteiger partial charge in [-0.2, -0.15) is 0 Å². The van der Waals surface area contributed by atoms with E-state index in [1.165, 1.54) is 38.5 Å². The summed E-state index contributed by atoms with van der Waals surface area (Å²) in [5.41, 5.74) is 0.531. The molecule has 0 saturated heterocycles. The highest BCUT2D eigenvalue weighted by Crippen LogP contribution is 2.55. The summed E-state index contributed by atoms with van der Waals surface area (Å²) in [5.74, 6) is 5.88. The van der Waals surface area contributed by atoms with Crippen molar-refractivity contribution in [3.8, 4) is 12.3 Å². The van der Waals surface area contributed by atoms with E-state index >= 15 is 0 Å². The molecule has 0 heterocycles. The van der Waals surface area contributed by atoms with Crippen LogP contribution in [0.25, 0.3) is 0 Å². The van der Waals surface area contributed by atoms with E-state index in [9.17, 15) is 0 Å². The molecule has 0 aromatic heterocycles. The Morgan fingerprint density at radius 2 is 1.62 bits per heavy atom. The number of nitrogens with one attached hydrogen (secondary N) is 1. The third-order valence-corrected chi connectivity index (χ3v) is 5.04. The predicted octanol–water partition coefficient (Wildman–Crippen LogP) is 2.96. The normalized spacial score (nSPS) is 44.6. The van der Waals surface area contributed by atoms with Crippen molar-refractivity contribution in [2.75, 3.05) is 6.54 Å². The highest BCUT2D eigenvalue weighted by molar-refractivity contribution is 5.06. The highest BCUT2D eigenvalue weighted by Gasteiger charge is 2.50. The van der Waals surface area contributed by atoms with Gasteiger partial charge in [0.25, 0.3) is 0 Å². The standard InChI is InChI=1S/C15H23N/c1-2-3-4-5-16-15-9-12-6-13(10-15)8-14(7-12)11-15/h1,12-14,16H,3-11H2. The minimum atomic E-state index is 0.531. The monoisotopic (exact) mass is 217 g/mol. The summed E-state index contributed by atoms with van der Waals surface area (Å²) in [5, 5.41) is 3.87. The summed E-state index contributed by atoms with van der Waals surface area (Å²) in [6.07, 6.45) is 16.3. The number of hydrogen-bond acceptors (Lipinski definition) is 1. The van der Waals surface area contributed by atoms with Gasteiger partial charge in [-0.05, 0) is 69.2 Å². The van der Waals surface area contributed by atoms with Crippen LogP contribution in [0.4, 0.5) is 0 Å². The lowest BCUT2D eigenvalue weighted by molar-refractivity contribution is -0.0195. The van der Waals surface area contributed by atoms with Gasteiger partial charge in [0.05, 0.1) is 0 Å². The first-order chi connectivity index (χ1) is 7.80. The van der Waals surface area contributed by atoms with Crippen LogP contribution in [0.3, 0.4) is 0 Å². The average molecular weight is 217 g/mol. The Bertz CT molecular complexity index is 264. The molecule has 88 valence electrons. The molecule has 1 nitrogen and oxygen atoms in total. The Balaban J connectivity index is 1.59. The fourth-order valence-electron chi connectivity index (χ4n) is 4.87. The summed E-state index contributed by atoms with van der Waals surface area (Å²) in [6, 6.07) is 0. The maximum Gasteiger partial charge on any atom is 0.0189 e. The molecule has 4 rings (SSSR count). The van der Waals surface area contributed by atoms with E-state index < -0.39 is 0 Å². The van der Waals surface area contributed by atoms with Crippen LogP contribution in [0, 0.1) is 30.1 Å². The molecule has 0 unspecified atom stereocenters. The second kappa shape index (κ2) is 4.08. The van der Waals surface area contributed by atoms with Gasteiger partial charge >= 0.3 is 0 Å². The molecule has 4 bridgehead atoms. The van der Waals surface area contributed by atoms with Crippen LogP contribution in [0.5, 0.6) is 0 Å². The van der Waals surface area contributed by atoms with Gasteiger partial charge in [-0.1, -0.05) is 0 Å². The number of hydrogen-bond donors (Lipinski definition) is 1. The topological polar surface area (TPSA) is 12.0 Å². The number of rotatable bonds is 4. The van der Waals surface area contributed by atoms with Crippen LogP contribution in [-0.2, 0) is 0 Å². The minimum absolute atomic E-state index is 0.531. The van der Waals surface area contributed by atoms with Crippen LogP contribution in [0.15, 0.2) is 0 Å². The lowest BCUT2D eigenvalue weighted by atomic mass is 9.53. The van der Waals surface area contributed by atoms with E-state index in [4.69, 9.17) is 6.42 Å². The molecule has 4 fully saturated rings. The second-order valence-electron chi connectivity index (χ2n) is 6.43. The summed E-state index contributed by atoms with van der Waals surface area (Å²) < 4.78 is 0. The van der Waals surface area contributed by atoms with Gasteiger partial charge in [0.1, 0.15) is 0 Å². The van der Waals surface area contributed by atoms with Crippen LogP contribution >= 0.6 is 0 Å². The first-order valence-corrected chi connectivity index (χ1v) is 6.98. The van der Waals surface area contributed by atoms with Crippen molar-refractivity contribution in [2.45, 2.75) is 56.9 Å². The molecule has 4 aliphatic rings. The van der Waals surface area contributed by atoms with Gasteiger partial charge in [-0.3, -0.25) is 0 Å². The zero-order valence-corrected chi connectivity index (χ0v) is 10.2. The maximum absolute atomic E-state index is 5.30. The molecule has 16 heavy (non-hydrogen) atoms.